The van der Waals surface area contributed by atoms with E-state index in [9.17, 15) is 9.59 Å². The van der Waals surface area contributed by atoms with Crippen LogP contribution >= 0.6 is 0 Å². The zero-order valence-electron chi connectivity index (χ0n) is 19.4. The predicted molar refractivity (Wildman–Crippen MR) is 131 cm³/mol. The Kier molecular flexibility index (Phi) is 6.54. The number of methoxy groups -OCH3 is 2. The minimum absolute atomic E-state index is 0.0190. The molecule has 0 radical (unpaired) electrons. The molecule has 0 saturated heterocycles. The first kappa shape index (κ1) is 22.9. The molecule has 34 heavy (non-hydrogen) atoms. The molecule has 174 valence electrons. The lowest BCUT2D eigenvalue weighted by Gasteiger charge is -2.13. The third-order valence-corrected chi connectivity index (χ3v) is 5.37. The summed E-state index contributed by atoms with van der Waals surface area (Å²) < 4.78 is 22.3. The Labute approximate surface area is 196 Å². The van der Waals surface area contributed by atoms with Gasteiger partial charge in [-0.25, -0.2) is 0 Å². The first-order valence-electron chi connectivity index (χ1n) is 10.7. The monoisotopic (exact) mass is 459 g/mol. The van der Waals surface area contributed by atoms with Gasteiger partial charge in [0.1, 0.15) is 17.1 Å². The summed E-state index contributed by atoms with van der Waals surface area (Å²) in [5.74, 6) is 1.17. The smallest absolute Gasteiger partial charge is 0.262 e. The molecule has 0 fully saturated rings. The van der Waals surface area contributed by atoms with Crippen LogP contribution in [0.3, 0.4) is 0 Å². The van der Waals surface area contributed by atoms with E-state index < -0.39 is 5.91 Å². The number of ether oxygens (including phenoxy) is 3. The van der Waals surface area contributed by atoms with Crippen molar-refractivity contribution in [3.63, 3.8) is 0 Å². The van der Waals surface area contributed by atoms with Crippen LogP contribution in [0.1, 0.15) is 11.1 Å². The zero-order chi connectivity index (χ0) is 24.2. The molecule has 0 unspecified atom stereocenters. The summed E-state index contributed by atoms with van der Waals surface area (Å²) in [6.45, 7) is 3.42. The first-order chi connectivity index (χ1) is 16.4. The Hall–Kier alpha value is -4.26. The highest BCUT2D eigenvalue weighted by Gasteiger charge is 2.20. The van der Waals surface area contributed by atoms with Crippen molar-refractivity contribution >= 4 is 22.6 Å². The average Bonchev–Trinajstić information content (AvgIpc) is 2.83. The summed E-state index contributed by atoms with van der Waals surface area (Å²) >= 11 is 0. The molecule has 7 nitrogen and oxygen atoms in total. The summed E-state index contributed by atoms with van der Waals surface area (Å²) in [6, 6.07) is 17.7. The molecule has 0 atom stereocenters. The number of hydrogen-bond donors (Lipinski definition) is 1. The van der Waals surface area contributed by atoms with E-state index in [0.717, 1.165) is 11.1 Å². The van der Waals surface area contributed by atoms with E-state index in [4.69, 9.17) is 18.6 Å². The number of nitrogens with one attached hydrogen (secondary N) is 1. The van der Waals surface area contributed by atoms with Crippen molar-refractivity contribution in [2.24, 2.45) is 0 Å². The summed E-state index contributed by atoms with van der Waals surface area (Å²) in [7, 11) is 3.15. The zero-order valence-corrected chi connectivity index (χ0v) is 19.4. The van der Waals surface area contributed by atoms with E-state index in [-0.39, 0.29) is 23.5 Å². The van der Waals surface area contributed by atoms with E-state index in [1.807, 2.05) is 26.0 Å². The Balaban J connectivity index is 1.69. The van der Waals surface area contributed by atoms with E-state index in [1.165, 1.54) is 0 Å². The van der Waals surface area contributed by atoms with E-state index in [2.05, 4.69) is 5.32 Å². The van der Waals surface area contributed by atoms with Gasteiger partial charge in [0, 0.05) is 11.3 Å². The van der Waals surface area contributed by atoms with Crippen molar-refractivity contribution in [3.8, 4) is 28.6 Å². The van der Waals surface area contributed by atoms with Gasteiger partial charge in [0.2, 0.25) is 11.2 Å². The molecule has 0 aliphatic heterocycles. The van der Waals surface area contributed by atoms with Gasteiger partial charge in [-0.3, -0.25) is 9.59 Å². The molecular formula is C27H25NO6. The Morgan fingerprint density at radius 2 is 1.53 bits per heavy atom. The van der Waals surface area contributed by atoms with Crippen LogP contribution in [-0.4, -0.2) is 26.7 Å². The van der Waals surface area contributed by atoms with Crippen LogP contribution in [-0.2, 0) is 4.79 Å². The van der Waals surface area contributed by atoms with Crippen molar-refractivity contribution < 1.29 is 23.4 Å². The van der Waals surface area contributed by atoms with Crippen LogP contribution in [0.25, 0.3) is 22.3 Å². The van der Waals surface area contributed by atoms with Crippen molar-refractivity contribution in [3.05, 3.63) is 82.0 Å². The van der Waals surface area contributed by atoms with E-state index >= 15 is 0 Å². The third-order valence-electron chi connectivity index (χ3n) is 5.37. The number of fused-ring (bicyclic) bond motifs is 1. The van der Waals surface area contributed by atoms with Crippen LogP contribution in [0.4, 0.5) is 5.69 Å². The van der Waals surface area contributed by atoms with Gasteiger partial charge in [0.15, 0.2) is 12.4 Å². The van der Waals surface area contributed by atoms with Crippen molar-refractivity contribution in [2.45, 2.75) is 13.8 Å². The minimum atomic E-state index is -0.411. The van der Waals surface area contributed by atoms with Crippen LogP contribution < -0.4 is 25.0 Å². The molecular weight excluding hydrogens is 434 g/mol. The van der Waals surface area contributed by atoms with Crippen molar-refractivity contribution in [1.82, 2.24) is 0 Å². The highest BCUT2D eigenvalue weighted by molar-refractivity contribution is 5.92. The second-order valence-corrected chi connectivity index (χ2v) is 7.84. The molecule has 4 rings (SSSR count). The Bertz CT molecular complexity index is 1390. The maximum Gasteiger partial charge on any atom is 0.262 e. The van der Waals surface area contributed by atoms with Gasteiger partial charge < -0.3 is 23.9 Å². The van der Waals surface area contributed by atoms with Crippen LogP contribution in [0.15, 0.2) is 69.9 Å². The third kappa shape index (κ3) is 4.73. The summed E-state index contributed by atoms with van der Waals surface area (Å²) in [4.78, 5) is 26.0. The predicted octanol–water partition coefficient (Wildman–Crippen LogP) is 5.11. The largest absolute Gasteiger partial charge is 0.497 e. The fourth-order valence-electron chi connectivity index (χ4n) is 3.75. The number of rotatable bonds is 7. The summed E-state index contributed by atoms with van der Waals surface area (Å²) in [5, 5.41) is 3.17. The number of hydrogen-bond acceptors (Lipinski definition) is 6. The van der Waals surface area contributed by atoms with Crippen molar-refractivity contribution in [2.75, 3.05) is 26.1 Å². The Morgan fingerprint density at radius 1 is 0.912 bits per heavy atom. The molecule has 3 aromatic carbocycles. The number of amides is 1. The van der Waals surface area contributed by atoms with Crippen LogP contribution in [0, 0.1) is 13.8 Å². The lowest BCUT2D eigenvalue weighted by atomic mass is 10.0. The molecule has 0 aliphatic carbocycles. The quantitative estimate of drug-likeness (QED) is 0.413. The van der Waals surface area contributed by atoms with Crippen LogP contribution in [0.2, 0.25) is 0 Å². The fourth-order valence-corrected chi connectivity index (χ4v) is 3.75. The molecule has 1 N–H and O–H groups in total. The van der Waals surface area contributed by atoms with Gasteiger partial charge >= 0.3 is 0 Å². The molecule has 1 amide bonds. The van der Waals surface area contributed by atoms with E-state index in [0.29, 0.717) is 33.7 Å². The van der Waals surface area contributed by atoms with Gasteiger partial charge in [-0.15, -0.1) is 0 Å². The summed E-state index contributed by atoms with van der Waals surface area (Å²) in [5.41, 5.74) is 3.09. The maximum absolute atomic E-state index is 13.5. The highest BCUT2D eigenvalue weighted by Crippen LogP contribution is 2.33. The molecule has 0 aliphatic rings. The molecule has 1 aromatic heterocycles. The normalized spacial score (nSPS) is 10.7. The van der Waals surface area contributed by atoms with E-state index in [1.54, 1.807) is 62.8 Å². The molecule has 1 heterocycles. The van der Waals surface area contributed by atoms with Gasteiger partial charge in [-0.05, 0) is 79.6 Å². The summed E-state index contributed by atoms with van der Waals surface area (Å²) in [6.07, 6.45) is 0. The molecule has 0 saturated carbocycles. The van der Waals surface area contributed by atoms with Gasteiger partial charge in [0.05, 0.1) is 19.6 Å². The SMILES string of the molecule is COc1ccc(NC(=O)COc2c(-c3ccc(OC)cc3)oc3cc(C)cc(C)c3c2=O)cc1. The van der Waals surface area contributed by atoms with Gasteiger partial charge in [-0.2, -0.15) is 0 Å². The van der Waals surface area contributed by atoms with Gasteiger partial charge in [-0.1, -0.05) is 6.07 Å². The number of carbonyl (C=O) groups is 1. The highest BCUT2D eigenvalue weighted by atomic mass is 16.5. The number of carbonyl (C=O) groups excluding carboxylic acids is 1. The topological polar surface area (TPSA) is 87.0 Å². The fraction of sp³-hybridized carbons (Fsp3) is 0.185. The average molecular weight is 459 g/mol. The number of anilines is 1. The number of aryl methyl sites for hydroxylation is 2. The molecule has 4 aromatic rings. The Morgan fingerprint density at radius 3 is 2.15 bits per heavy atom. The molecule has 7 heteroatoms. The lowest BCUT2D eigenvalue weighted by molar-refractivity contribution is -0.118. The maximum atomic E-state index is 13.5. The van der Waals surface area contributed by atoms with Crippen molar-refractivity contribution in [1.29, 1.82) is 0 Å². The number of benzene rings is 3. The first-order valence-corrected chi connectivity index (χ1v) is 10.7. The second kappa shape index (κ2) is 9.70. The standard InChI is InChI=1S/C27H25NO6/c1-16-13-17(2)24-22(14-16)34-26(18-5-9-20(31-3)10-6-18)27(25(24)30)33-15-23(29)28-19-7-11-21(32-4)12-8-19/h5-14H,15H2,1-4H3,(H,28,29). The molecule has 0 bridgehead atoms. The van der Waals surface area contributed by atoms with Crippen LogP contribution in [0.5, 0.6) is 17.2 Å². The molecule has 0 spiro atoms. The minimum Gasteiger partial charge on any atom is -0.497 e. The lowest BCUT2D eigenvalue weighted by Crippen LogP contribution is -2.22. The van der Waals surface area contributed by atoms with Gasteiger partial charge in [0.25, 0.3) is 5.91 Å². The second-order valence-electron chi connectivity index (χ2n) is 7.84.